The number of amides is 1. The van der Waals surface area contributed by atoms with Crippen LogP contribution < -0.4 is 20.2 Å². The van der Waals surface area contributed by atoms with E-state index in [0.29, 0.717) is 27.9 Å². The van der Waals surface area contributed by atoms with Gasteiger partial charge in [0, 0.05) is 23.0 Å². The highest BCUT2D eigenvalue weighted by atomic mass is 19.1. The van der Waals surface area contributed by atoms with Gasteiger partial charge in [-0.1, -0.05) is 36.4 Å². The quantitative estimate of drug-likeness (QED) is 0.189. The number of nitrogens with one attached hydrogen (secondary N) is 2. The first-order chi connectivity index (χ1) is 20.4. The number of hydrogen-bond acceptors (Lipinski definition) is 5. The average Bonchev–Trinajstić information content (AvgIpc) is 2.98. The Morgan fingerprint density at radius 1 is 0.881 bits per heavy atom. The van der Waals surface area contributed by atoms with Gasteiger partial charge in [-0.15, -0.1) is 0 Å². The van der Waals surface area contributed by atoms with Gasteiger partial charge in [-0.05, 0) is 85.6 Å². The van der Waals surface area contributed by atoms with E-state index in [1.165, 1.54) is 12.1 Å². The fourth-order valence-electron chi connectivity index (χ4n) is 5.30. The molecule has 0 saturated heterocycles. The molecule has 0 aliphatic carbocycles. The Kier molecular flexibility index (Phi) is 8.83. The molecule has 0 bridgehead atoms. The molecule has 4 aromatic carbocycles. The minimum atomic E-state index is -0.505. The van der Waals surface area contributed by atoms with Crippen LogP contribution in [0.5, 0.6) is 11.5 Å². The summed E-state index contributed by atoms with van der Waals surface area (Å²) < 4.78 is 25.2. The summed E-state index contributed by atoms with van der Waals surface area (Å²) in [4.78, 5) is 31.3. The molecule has 7 nitrogen and oxygen atoms in total. The first-order valence-electron chi connectivity index (χ1n) is 13.9. The maximum atomic E-state index is 14.4. The number of aryl methyl sites for hydroxylation is 1. The maximum absolute atomic E-state index is 14.4. The number of pyridine rings is 1. The zero-order valence-electron chi connectivity index (χ0n) is 24.0. The summed E-state index contributed by atoms with van der Waals surface area (Å²) in [5.41, 5.74) is 3.97. The van der Waals surface area contributed by atoms with E-state index in [-0.39, 0.29) is 28.7 Å². The van der Waals surface area contributed by atoms with E-state index in [4.69, 9.17) is 9.47 Å². The van der Waals surface area contributed by atoms with Gasteiger partial charge in [-0.3, -0.25) is 9.59 Å². The Morgan fingerprint density at radius 3 is 2.40 bits per heavy atom. The number of carbonyl (C=O) groups is 1. The molecular weight excluding hydrogens is 533 g/mol. The molecule has 5 rings (SSSR count). The summed E-state index contributed by atoms with van der Waals surface area (Å²) in [5, 5.41) is 3.69. The van der Waals surface area contributed by atoms with Gasteiger partial charge in [0.15, 0.2) is 16.9 Å². The van der Waals surface area contributed by atoms with Gasteiger partial charge in [0.05, 0.1) is 31.7 Å². The van der Waals surface area contributed by atoms with E-state index in [2.05, 4.69) is 28.3 Å². The molecule has 0 unspecified atom stereocenters. The number of para-hydroxylation sites is 2. The zero-order valence-corrected chi connectivity index (χ0v) is 24.0. The number of nitrogens with zero attached hydrogens (tertiary/aromatic N) is 1. The van der Waals surface area contributed by atoms with Crippen molar-refractivity contribution < 1.29 is 18.7 Å². The third kappa shape index (κ3) is 6.44. The van der Waals surface area contributed by atoms with Crippen molar-refractivity contribution in [3.63, 3.8) is 0 Å². The maximum Gasteiger partial charge on any atom is 0.228 e. The second-order valence-electron chi connectivity index (χ2n) is 10.4. The van der Waals surface area contributed by atoms with E-state index in [1.54, 1.807) is 38.5 Å². The second-order valence-corrected chi connectivity index (χ2v) is 10.4. The Bertz CT molecular complexity index is 1800. The number of aromatic nitrogens is 1. The first kappa shape index (κ1) is 28.8. The van der Waals surface area contributed by atoms with Crippen LogP contribution in [0.25, 0.3) is 21.8 Å². The largest absolute Gasteiger partial charge is 0.493 e. The lowest BCUT2D eigenvalue weighted by atomic mass is 10.0. The number of benzene rings is 4. The Balaban J connectivity index is 1.19. The minimum absolute atomic E-state index is 0.0401. The summed E-state index contributed by atoms with van der Waals surface area (Å²) in [6, 6.07) is 23.4. The summed E-state index contributed by atoms with van der Waals surface area (Å²) in [6.45, 7) is 1.69. The van der Waals surface area contributed by atoms with Gasteiger partial charge in [0.2, 0.25) is 5.91 Å². The van der Waals surface area contributed by atoms with E-state index in [0.717, 1.165) is 42.8 Å². The lowest BCUT2D eigenvalue weighted by molar-refractivity contribution is -0.115. The van der Waals surface area contributed by atoms with Gasteiger partial charge < -0.3 is 24.7 Å². The van der Waals surface area contributed by atoms with Crippen LogP contribution in [0.15, 0.2) is 83.7 Å². The monoisotopic (exact) mass is 567 g/mol. The molecule has 5 aromatic rings. The molecular formula is C34H34FN3O4. The molecule has 0 atom stereocenters. The molecule has 0 spiro atoms. The van der Waals surface area contributed by atoms with Crippen LogP contribution in [0.3, 0.4) is 0 Å². The van der Waals surface area contributed by atoms with E-state index in [1.807, 2.05) is 36.4 Å². The molecule has 216 valence electrons. The van der Waals surface area contributed by atoms with E-state index < -0.39 is 5.82 Å². The zero-order chi connectivity index (χ0) is 29.6. The van der Waals surface area contributed by atoms with Gasteiger partial charge in [0.1, 0.15) is 5.82 Å². The third-order valence-electron chi connectivity index (χ3n) is 7.37. The fourth-order valence-corrected chi connectivity index (χ4v) is 5.30. The number of halogens is 1. The highest BCUT2D eigenvalue weighted by Gasteiger charge is 2.14. The van der Waals surface area contributed by atoms with Crippen LogP contribution in [-0.2, 0) is 24.2 Å². The molecule has 0 radical (unpaired) electrons. The van der Waals surface area contributed by atoms with Gasteiger partial charge in [0.25, 0.3) is 0 Å². The van der Waals surface area contributed by atoms with Crippen LogP contribution in [0.1, 0.15) is 23.1 Å². The predicted molar refractivity (Wildman–Crippen MR) is 165 cm³/mol. The van der Waals surface area contributed by atoms with Crippen LogP contribution in [-0.4, -0.2) is 43.6 Å². The molecule has 0 saturated carbocycles. The topological polar surface area (TPSA) is 83.7 Å². The van der Waals surface area contributed by atoms with Crippen molar-refractivity contribution >= 4 is 33.4 Å². The molecule has 42 heavy (non-hydrogen) atoms. The first-order valence-corrected chi connectivity index (χ1v) is 13.9. The number of H-pyrrole nitrogens is 1. The van der Waals surface area contributed by atoms with Crippen LogP contribution in [0.2, 0.25) is 0 Å². The van der Waals surface area contributed by atoms with Crippen molar-refractivity contribution in [3.05, 3.63) is 112 Å². The standard InChI is InChI=1S/C34H34FN3O4/c1-38(21-23-15-16-29(41-2)30(19-23)42-3)17-7-9-22-8-4-11-25(18-22)36-31(39)20-24-10-5-12-26-32(24)37-33-27(34(26)40)13-6-14-28(33)35/h4-6,8,10-16,18-19H,7,9,17,20-21H2,1-3H3,(H,36,39)(H,37,40). The number of carbonyl (C=O) groups excluding carboxylic acids is 1. The van der Waals surface area contributed by atoms with Crippen LogP contribution >= 0.6 is 0 Å². The van der Waals surface area contributed by atoms with Crippen molar-refractivity contribution in [3.8, 4) is 11.5 Å². The van der Waals surface area contributed by atoms with Gasteiger partial charge in [-0.2, -0.15) is 0 Å². The number of aromatic amines is 1. The Hall–Kier alpha value is -4.69. The summed E-state index contributed by atoms with van der Waals surface area (Å²) in [7, 11) is 5.35. The summed E-state index contributed by atoms with van der Waals surface area (Å²) in [6.07, 6.45) is 1.86. The molecule has 0 fully saturated rings. The van der Waals surface area contributed by atoms with Crippen LogP contribution in [0.4, 0.5) is 10.1 Å². The Labute approximate surface area is 243 Å². The molecule has 8 heteroatoms. The second kappa shape index (κ2) is 12.9. The lowest BCUT2D eigenvalue weighted by Crippen LogP contribution is -2.19. The summed E-state index contributed by atoms with van der Waals surface area (Å²) in [5.74, 6) is 0.712. The molecule has 2 N–H and O–H groups in total. The minimum Gasteiger partial charge on any atom is -0.493 e. The third-order valence-corrected chi connectivity index (χ3v) is 7.37. The highest BCUT2D eigenvalue weighted by Crippen LogP contribution is 2.28. The number of fused-ring (bicyclic) bond motifs is 2. The number of hydrogen-bond donors (Lipinski definition) is 2. The molecule has 1 amide bonds. The van der Waals surface area contributed by atoms with Crippen molar-refractivity contribution in [2.75, 3.05) is 33.1 Å². The number of anilines is 1. The number of rotatable bonds is 11. The molecule has 1 aromatic heterocycles. The van der Waals surface area contributed by atoms with Crippen molar-refractivity contribution in [1.29, 1.82) is 0 Å². The van der Waals surface area contributed by atoms with Gasteiger partial charge in [-0.25, -0.2) is 4.39 Å². The molecule has 0 aliphatic heterocycles. The van der Waals surface area contributed by atoms with Crippen molar-refractivity contribution in [2.24, 2.45) is 0 Å². The smallest absolute Gasteiger partial charge is 0.228 e. The van der Waals surface area contributed by atoms with E-state index in [9.17, 15) is 14.0 Å². The average molecular weight is 568 g/mol. The highest BCUT2D eigenvalue weighted by molar-refractivity contribution is 5.98. The van der Waals surface area contributed by atoms with Crippen molar-refractivity contribution in [2.45, 2.75) is 25.8 Å². The summed E-state index contributed by atoms with van der Waals surface area (Å²) >= 11 is 0. The predicted octanol–water partition coefficient (Wildman–Crippen LogP) is 6.08. The van der Waals surface area contributed by atoms with E-state index >= 15 is 0 Å². The normalized spacial score (nSPS) is 11.3. The lowest BCUT2D eigenvalue weighted by Gasteiger charge is -2.18. The fraction of sp³-hybridized carbons (Fsp3) is 0.235. The SMILES string of the molecule is COc1ccc(CN(C)CCCc2cccc(NC(=O)Cc3cccc4c(=O)c5cccc(F)c5[nH]c34)c2)cc1OC. The molecule has 1 heterocycles. The Morgan fingerprint density at radius 2 is 1.62 bits per heavy atom. The van der Waals surface area contributed by atoms with Crippen LogP contribution in [0, 0.1) is 5.82 Å². The molecule has 0 aliphatic rings. The number of ether oxygens (including phenoxy) is 2. The van der Waals surface area contributed by atoms with Gasteiger partial charge >= 0.3 is 0 Å². The number of methoxy groups -OCH3 is 2. The van der Waals surface area contributed by atoms with Crippen molar-refractivity contribution in [1.82, 2.24) is 9.88 Å².